The van der Waals surface area contributed by atoms with Crippen LogP contribution in [0.2, 0.25) is 0 Å². The fourth-order valence-electron chi connectivity index (χ4n) is 1.72. The number of hydrogen-bond donors (Lipinski definition) is 1. The van der Waals surface area contributed by atoms with Crippen molar-refractivity contribution in [1.82, 2.24) is 10.2 Å². The van der Waals surface area contributed by atoms with Crippen LogP contribution in [0.3, 0.4) is 0 Å². The first-order valence-electron chi connectivity index (χ1n) is 5.75. The van der Waals surface area contributed by atoms with Crippen LogP contribution in [0.25, 0.3) is 0 Å². The third kappa shape index (κ3) is 2.82. The number of aromatic nitrogens is 2. The van der Waals surface area contributed by atoms with Gasteiger partial charge in [-0.1, -0.05) is 44.1 Å². The highest BCUT2D eigenvalue weighted by Crippen LogP contribution is 2.30. The van der Waals surface area contributed by atoms with E-state index in [4.69, 9.17) is 16.0 Å². The van der Waals surface area contributed by atoms with Crippen LogP contribution in [0.4, 0.5) is 11.7 Å². The van der Waals surface area contributed by atoms with Crippen molar-refractivity contribution in [2.24, 2.45) is 0 Å². The molecule has 1 aromatic carbocycles. The molecule has 0 aliphatic rings. The van der Waals surface area contributed by atoms with Crippen LogP contribution in [0.1, 0.15) is 32.2 Å². The number of nitrogens with one attached hydrogen (secondary N) is 1. The molecule has 0 saturated heterocycles. The van der Waals surface area contributed by atoms with Crippen molar-refractivity contribution >= 4 is 23.3 Å². The number of benzene rings is 1. The Bertz CT molecular complexity index is 531. The van der Waals surface area contributed by atoms with Gasteiger partial charge in [0.25, 0.3) is 0 Å². The Hall–Kier alpha value is -1.55. The van der Waals surface area contributed by atoms with Gasteiger partial charge in [0.05, 0.1) is 0 Å². The van der Waals surface area contributed by atoms with Crippen LogP contribution in [0.15, 0.2) is 28.7 Å². The van der Waals surface area contributed by atoms with E-state index in [-0.39, 0.29) is 11.3 Å². The van der Waals surface area contributed by atoms with Crippen molar-refractivity contribution in [3.8, 4) is 0 Å². The van der Waals surface area contributed by atoms with E-state index in [9.17, 15) is 0 Å². The molecule has 96 valence electrons. The van der Waals surface area contributed by atoms with Gasteiger partial charge < -0.3 is 9.73 Å². The number of rotatable bonds is 3. The first kappa shape index (κ1) is 12.9. The van der Waals surface area contributed by atoms with Crippen molar-refractivity contribution in [2.75, 3.05) is 5.32 Å². The van der Waals surface area contributed by atoms with Gasteiger partial charge in [-0.25, -0.2) is 0 Å². The van der Waals surface area contributed by atoms with Crippen LogP contribution < -0.4 is 5.32 Å². The highest BCUT2D eigenvalue weighted by molar-refractivity contribution is 6.16. The fourth-order valence-corrected chi connectivity index (χ4v) is 1.83. The molecule has 0 spiro atoms. The van der Waals surface area contributed by atoms with Crippen molar-refractivity contribution in [3.05, 3.63) is 35.7 Å². The Labute approximate surface area is 111 Å². The van der Waals surface area contributed by atoms with Gasteiger partial charge >= 0.3 is 6.01 Å². The number of hydrogen-bond acceptors (Lipinski definition) is 4. The molecule has 0 aliphatic carbocycles. The average Bonchev–Trinajstić information content (AvgIpc) is 2.76. The Balaban J connectivity index is 2.29. The summed E-state index contributed by atoms with van der Waals surface area (Å²) in [5.41, 5.74) is 2.20. The van der Waals surface area contributed by atoms with Crippen LogP contribution in [0.5, 0.6) is 0 Å². The van der Waals surface area contributed by atoms with Gasteiger partial charge in [-0.3, -0.25) is 0 Å². The van der Waals surface area contributed by atoms with Crippen LogP contribution in [0, 0.1) is 0 Å². The van der Waals surface area contributed by atoms with Gasteiger partial charge in [-0.15, -0.1) is 16.7 Å². The number of anilines is 2. The molecule has 1 N–H and O–H groups in total. The van der Waals surface area contributed by atoms with E-state index in [1.54, 1.807) is 0 Å². The van der Waals surface area contributed by atoms with Crippen molar-refractivity contribution in [3.63, 3.8) is 0 Å². The predicted octanol–water partition coefficient (Wildman–Crippen LogP) is 3.85. The Morgan fingerprint density at radius 1 is 1.22 bits per heavy atom. The molecular weight excluding hydrogens is 250 g/mol. The molecule has 2 aromatic rings. The zero-order valence-electron chi connectivity index (χ0n) is 10.7. The summed E-state index contributed by atoms with van der Waals surface area (Å²) in [6.45, 7) is 6.47. The number of para-hydroxylation sites is 1. The summed E-state index contributed by atoms with van der Waals surface area (Å²) in [5.74, 6) is 0.627. The van der Waals surface area contributed by atoms with E-state index in [1.165, 1.54) is 5.56 Å². The minimum Gasteiger partial charge on any atom is -0.407 e. The first-order valence-corrected chi connectivity index (χ1v) is 6.29. The monoisotopic (exact) mass is 265 g/mol. The number of halogens is 1. The molecule has 0 fully saturated rings. The minimum absolute atomic E-state index is 0.0406. The van der Waals surface area contributed by atoms with E-state index in [0.717, 1.165) is 5.69 Å². The van der Waals surface area contributed by atoms with Crippen LogP contribution >= 0.6 is 11.6 Å². The molecule has 0 unspecified atom stereocenters. The summed E-state index contributed by atoms with van der Waals surface area (Å²) in [6, 6.07) is 8.43. The summed E-state index contributed by atoms with van der Waals surface area (Å²) < 4.78 is 5.34. The van der Waals surface area contributed by atoms with Gasteiger partial charge in [0.1, 0.15) is 5.88 Å². The van der Waals surface area contributed by atoms with Crippen LogP contribution in [-0.4, -0.2) is 10.2 Å². The third-order valence-electron chi connectivity index (χ3n) is 2.56. The van der Waals surface area contributed by atoms with Gasteiger partial charge in [0.15, 0.2) is 0 Å². The maximum Gasteiger partial charge on any atom is 0.320 e. The molecule has 0 aliphatic heterocycles. The Morgan fingerprint density at radius 3 is 2.56 bits per heavy atom. The molecule has 18 heavy (non-hydrogen) atoms. The first-order chi connectivity index (χ1) is 8.50. The summed E-state index contributed by atoms with van der Waals surface area (Å²) in [5, 5.41) is 10.8. The fraction of sp³-hybridized carbons (Fsp3) is 0.385. The molecule has 0 radical (unpaired) electrons. The highest BCUT2D eigenvalue weighted by Gasteiger charge is 2.18. The number of alkyl halides is 1. The van der Waals surface area contributed by atoms with Gasteiger partial charge in [0, 0.05) is 5.69 Å². The minimum atomic E-state index is 0.0406. The lowest BCUT2D eigenvalue weighted by molar-refractivity contribution is 0.529. The predicted molar refractivity (Wildman–Crippen MR) is 72.3 cm³/mol. The Morgan fingerprint density at radius 2 is 1.94 bits per heavy atom. The topological polar surface area (TPSA) is 51.0 Å². The standard InChI is InChI=1S/C13H16ClN3O/c1-13(2,3)9-6-4-5-7-10(9)15-12-17-16-11(8-14)18-12/h4-7H,8H2,1-3H3,(H,15,17). The SMILES string of the molecule is CC(C)(C)c1ccccc1Nc1nnc(CCl)o1. The Kier molecular flexibility index (Phi) is 3.57. The van der Waals surface area contributed by atoms with Gasteiger partial charge in [-0.2, -0.15) is 0 Å². The lowest BCUT2D eigenvalue weighted by Gasteiger charge is -2.22. The second-order valence-electron chi connectivity index (χ2n) is 5.06. The largest absolute Gasteiger partial charge is 0.407 e. The molecule has 0 bridgehead atoms. The summed E-state index contributed by atoms with van der Waals surface area (Å²) >= 11 is 5.62. The molecule has 1 heterocycles. The molecule has 2 rings (SSSR count). The van der Waals surface area contributed by atoms with Crippen LogP contribution in [-0.2, 0) is 11.3 Å². The van der Waals surface area contributed by atoms with E-state index in [1.807, 2.05) is 18.2 Å². The maximum absolute atomic E-state index is 5.62. The normalized spacial score (nSPS) is 11.6. The lowest BCUT2D eigenvalue weighted by atomic mass is 9.86. The third-order valence-corrected chi connectivity index (χ3v) is 2.79. The quantitative estimate of drug-likeness (QED) is 0.857. The van der Waals surface area contributed by atoms with Crippen molar-refractivity contribution in [2.45, 2.75) is 32.1 Å². The van der Waals surface area contributed by atoms with Gasteiger partial charge in [-0.05, 0) is 17.0 Å². The molecular formula is C13H16ClN3O. The van der Waals surface area contributed by atoms with E-state index in [0.29, 0.717) is 11.9 Å². The highest BCUT2D eigenvalue weighted by atomic mass is 35.5. The average molecular weight is 266 g/mol. The molecule has 5 heteroatoms. The van der Waals surface area contributed by atoms with E-state index < -0.39 is 0 Å². The smallest absolute Gasteiger partial charge is 0.320 e. The molecule has 0 atom stereocenters. The summed E-state index contributed by atoms with van der Waals surface area (Å²) in [4.78, 5) is 0. The molecule has 4 nitrogen and oxygen atoms in total. The van der Waals surface area contributed by atoms with Crippen molar-refractivity contribution < 1.29 is 4.42 Å². The lowest BCUT2D eigenvalue weighted by Crippen LogP contribution is -2.13. The number of nitrogens with zero attached hydrogens (tertiary/aromatic N) is 2. The zero-order chi connectivity index (χ0) is 13.2. The summed E-state index contributed by atoms with van der Waals surface area (Å²) in [6.07, 6.45) is 0. The van der Waals surface area contributed by atoms with Gasteiger partial charge in [0.2, 0.25) is 5.89 Å². The summed E-state index contributed by atoms with van der Waals surface area (Å²) in [7, 11) is 0. The second-order valence-corrected chi connectivity index (χ2v) is 5.32. The molecule has 0 amide bonds. The molecule has 0 saturated carbocycles. The zero-order valence-corrected chi connectivity index (χ0v) is 11.5. The molecule has 1 aromatic heterocycles. The van der Waals surface area contributed by atoms with Crippen molar-refractivity contribution in [1.29, 1.82) is 0 Å². The second kappa shape index (κ2) is 4.98. The van der Waals surface area contributed by atoms with E-state index >= 15 is 0 Å². The maximum atomic E-state index is 5.62. The van der Waals surface area contributed by atoms with E-state index in [2.05, 4.69) is 42.4 Å².